The summed E-state index contributed by atoms with van der Waals surface area (Å²) in [7, 11) is 0. The van der Waals surface area contributed by atoms with Gasteiger partial charge in [-0.1, -0.05) is 26.2 Å². The predicted molar refractivity (Wildman–Crippen MR) is 105 cm³/mol. The Hall–Kier alpha value is -2.91. The van der Waals surface area contributed by atoms with Crippen molar-refractivity contribution in [3.8, 4) is 11.3 Å². The zero-order valence-corrected chi connectivity index (χ0v) is 16.6. The molecule has 1 atom stereocenters. The van der Waals surface area contributed by atoms with Crippen LogP contribution < -0.4 is 0 Å². The van der Waals surface area contributed by atoms with Crippen molar-refractivity contribution >= 4 is 17.0 Å². The van der Waals surface area contributed by atoms with Crippen molar-refractivity contribution in [3.05, 3.63) is 31.0 Å². The van der Waals surface area contributed by atoms with Crippen molar-refractivity contribution in [1.29, 1.82) is 0 Å². The number of nitrogens with zero attached hydrogens (tertiary/aromatic N) is 4. The fourth-order valence-corrected chi connectivity index (χ4v) is 3.97. The molecule has 0 amide bonds. The lowest BCUT2D eigenvalue weighted by Gasteiger charge is -2.23. The Labute approximate surface area is 171 Å². The third kappa shape index (κ3) is 4.98. The van der Waals surface area contributed by atoms with E-state index in [9.17, 15) is 13.2 Å². The molecule has 3 aromatic heterocycles. The number of alkyl halides is 3. The molecule has 1 aliphatic carbocycles. The van der Waals surface area contributed by atoms with E-state index in [0.717, 1.165) is 28.2 Å². The molecule has 1 aliphatic rings. The highest BCUT2D eigenvalue weighted by atomic mass is 19.4. The molecule has 1 saturated carbocycles. The summed E-state index contributed by atoms with van der Waals surface area (Å²) in [5, 5.41) is 12.9. The lowest BCUT2D eigenvalue weighted by molar-refractivity contribution is -0.192. The first-order valence-corrected chi connectivity index (χ1v) is 9.94. The molecule has 0 spiro atoms. The predicted octanol–water partition coefficient (Wildman–Crippen LogP) is 4.99. The van der Waals surface area contributed by atoms with Gasteiger partial charge in [-0.15, -0.1) is 0 Å². The van der Waals surface area contributed by atoms with Crippen LogP contribution in [0, 0.1) is 5.92 Å². The summed E-state index contributed by atoms with van der Waals surface area (Å²) in [5.74, 6) is -1.98. The molecule has 3 aromatic rings. The van der Waals surface area contributed by atoms with Gasteiger partial charge in [0.15, 0.2) is 0 Å². The fourth-order valence-electron chi connectivity index (χ4n) is 3.97. The van der Waals surface area contributed by atoms with E-state index in [2.05, 4.69) is 32.8 Å². The van der Waals surface area contributed by atoms with Gasteiger partial charge < -0.3 is 10.1 Å². The average Bonchev–Trinajstić information content (AvgIpc) is 3.47. The van der Waals surface area contributed by atoms with E-state index in [4.69, 9.17) is 15.0 Å². The summed E-state index contributed by atoms with van der Waals surface area (Å²) in [6.07, 6.45) is 10.4. The van der Waals surface area contributed by atoms with Gasteiger partial charge in [0.05, 0.1) is 17.9 Å². The summed E-state index contributed by atoms with van der Waals surface area (Å²) in [6, 6.07) is 2.56. The molecule has 0 radical (unpaired) electrons. The molecule has 2 N–H and O–H groups in total. The minimum atomic E-state index is -5.08. The van der Waals surface area contributed by atoms with Crippen LogP contribution in [0.4, 0.5) is 13.2 Å². The lowest BCUT2D eigenvalue weighted by Crippen LogP contribution is -2.21. The highest BCUT2D eigenvalue weighted by Gasteiger charge is 2.38. The third-order valence-electron chi connectivity index (χ3n) is 5.34. The molecular weight excluding hydrogens is 399 g/mol. The SMILES string of the molecule is CCCC(C1CCCC1)n1cc(-c2ncnc3[nH]ccc23)cn1.O=C(O)C(F)(F)F. The lowest BCUT2D eigenvalue weighted by atomic mass is 9.94. The van der Waals surface area contributed by atoms with Crippen molar-refractivity contribution < 1.29 is 23.1 Å². The standard InChI is InChI=1S/C18H23N5.C2HF3O2/c1-2-5-16(13-6-3-4-7-13)23-11-14(10-22-23)17-15-8-9-19-18(15)21-12-20-17;3-2(4,5)1(6)7/h8-13,16H,2-7H2,1H3,(H,19,20,21);(H,6,7). The van der Waals surface area contributed by atoms with Crippen LogP contribution in [0.5, 0.6) is 0 Å². The summed E-state index contributed by atoms with van der Waals surface area (Å²) < 4.78 is 33.9. The number of H-pyrrole nitrogens is 1. The Kier molecular flexibility index (Phi) is 6.73. The molecule has 0 bridgehead atoms. The van der Waals surface area contributed by atoms with Crippen LogP contribution in [0.3, 0.4) is 0 Å². The molecule has 162 valence electrons. The Morgan fingerprint density at radius 1 is 1.33 bits per heavy atom. The smallest absolute Gasteiger partial charge is 0.475 e. The number of nitrogens with one attached hydrogen (secondary N) is 1. The van der Waals surface area contributed by atoms with Gasteiger partial charge in [-0.25, -0.2) is 14.8 Å². The normalized spacial score (nSPS) is 15.7. The first kappa shape index (κ1) is 21.8. The van der Waals surface area contributed by atoms with Crippen molar-refractivity contribution in [2.24, 2.45) is 5.92 Å². The Bertz CT molecular complexity index is 976. The summed E-state index contributed by atoms with van der Waals surface area (Å²) in [4.78, 5) is 20.8. The number of aromatic amines is 1. The van der Waals surface area contributed by atoms with Gasteiger partial charge in [0, 0.05) is 23.3 Å². The maximum Gasteiger partial charge on any atom is 0.490 e. The van der Waals surface area contributed by atoms with Gasteiger partial charge in [0.1, 0.15) is 12.0 Å². The topological polar surface area (TPSA) is 96.7 Å². The minimum Gasteiger partial charge on any atom is -0.475 e. The molecule has 0 saturated heterocycles. The van der Waals surface area contributed by atoms with Crippen LogP contribution in [-0.4, -0.2) is 42.0 Å². The second kappa shape index (κ2) is 9.27. The van der Waals surface area contributed by atoms with E-state index in [1.54, 1.807) is 6.33 Å². The van der Waals surface area contributed by atoms with Crippen LogP contribution in [0.2, 0.25) is 0 Å². The van der Waals surface area contributed by atoms with E-state index in [-0.39, 0.29) is 0 Å². The number of carbonyl (C=O) groups is 1. The fraction of sp³-hybridized carbons (Fsp3) is 0.500. The molecule has 4 rings (SSSR count). The van der Waals surface area contributed by atoms with E-state index in [1.165, 1.54) is 38.5 Å². The number of carboxylic acid groups (broad SMARTS) is 1. The maximum absolute atomic E-state index is 10.6. The van der Waals surface area contributed by atoms with Gasteiger partial charge in [-0.3, -0.25) is 4.68 Å². The zero-order chi connectivity index (χ0) is 21.7. The molecule has 3 heterocycles. The highest BCUT2D eigenvalue weighted by molar-refractivity contribution is 5.89. The average molecular weight is 423 g/mol. The van der Waals surface area contributed by atoms with Gasteiger partial charge in [0.25, 0.3) is 0 Å². The van der Waals surface area contributed by atoms with E-state index in [0.29, 0.717) is 6.04 Å². The monoisotopic (exact) mass is 423 g/mol. The van der Waals surface area contributed by atoms with Crippen LogP contribution >= 0.6 is 0 Å². The molecule has 0 aliphatic heterocycles. The van der Waals surface area contributed by atoms with Gasteiger partial charge in [-0.2, -0.15) is 18.3 Å². The summed E-state index contributed by atoms with van der Waals surface area (Å²) in [5.41, 5.74) is 2.92. The van der Waals surface area contributed by atoms with Crippen molar-refractivity contribution in [1.82, 2.24) is 24.7 Å². The number of fused-ring (bicyclic) bond motifs is 1. The number of hydrogen-bond acceptors (Lipinski definition) is 4. The van der Waals surface area contributed by atoms with Crippen LogP contribution in [0.1, 0.15) is 51.5 Å². The number of carboxylic acids is 1. The second-order valence-electron chi connectivity index (χ2n) is 7.37. The first-order valence-electron chi connectivity index (χ1n) is 9.94. The summed E-state index contributed by atoms with van der Waals surface area (Å²) >= 11 is 0. The van der Waals surface area contributed by atoms with Crippen molar-refractivity contribution in [2.75, 3.05) is 0 Å². The van der Waals surface area contributed by atoms with Gasteiger partial charge in [-0.05, 0) is 31.2 Å². The molecule has 0 aromatic carbocycles. The number of aromatic nitrogens is 5. The molecule has 7 nitrogen and oxygen atoms in total. The largest absolute Gasteiger partial charge is 0.490 e. The number of aliphatic carboxylic acids is 1. The number of rotatable bonds is 5. The quantitative estimate of drug-likeness (QED) is 0.603. The molecule has 10 heteroatoms. The molecule has 1 unspecified atom stereocenters. The highest BCUT2D eigenvalue weighted by Crippen LogP contribution is 2.37. The van der Waals surface area contributed by atoms with Crippen LogP contribution in [0.25, 0.3) is 22.3 Å². The van der Waals surface area contributed by atoms with E-state index in [1.807, 2.05) is 18.5 Å². The second-order valence-corrected chi connectivity index (χ2v) is 7.37. The Balaban J connectivity index is 0.000000318. The van der Waals surface area contributed by atoms with Gasteiger partial charge in [0.2, 0.25) is 0 Å². The van der Waals surface area contributed by atoms with Crippen LogP contribution in [-0.2, 0) is 4.79 Å². The maximum atomic E-state index is 10.6. The van der Waals surface area contributed by atoms with Crippen molar-refractivity contribution in [2.45, 2.75) is 57.7 Å². The molecule has 30 heavy (non-hydrogen) atoms. The van der Waals surface area contributed by atoms with Gasteiger partial charge >= 0.3 is 12.1 Å². The Morgan fingerprint density at radius 2 is 2.03 bits per heavy atom. The van der Waals surface area contributed by atoms with Crippen LogP contribution in [0.15, 0.2) is 31.0 Å². The zero-order valence-electron chi connectivity index (χ0n) is 16.6. The molecular formula is C20H24F3N5O2. The Morgan fingerprint density at radius 3 is 2.67 bits per heavy atom. The first-order chi connectivity index (χ1) is 14.3. The molecule has 1 fully saturated rings. The summed E-state index contributed by atoms with van der Waals surface area (Å²) in [6.45, 7) is 2.26. The number of hydrogen-bond donors (Lipinski definition) is 2. The third-order valence-corrected chi connectivity index (χ3v) is 5.34. The van der Waals surface area contributed by atoms with E-state index < -0.39 is 12.1 Å². The number of halogens is 3. The van der Waals surface area contributed by atoms with E-state index >= 15 is 0 Å². The minimum absolute atomic E-state index is 0.528. The van der Waals surface area contributed by atoms with Crippen molar-refractivity contribution in [3.63, 3.8) is 0 Å².